The first-order chi connectivity index (χ1) is 27.6. The Kier molecular flexibility index (Phi) is 7.17. The van der Waals surface area contributed by atoms with E-state index in [0.717, 1.165) is 16.8 Å². The molecule has 0 fully saturated rings. The minimum atomic E-state index is 0.791. The summed E-state index contributed by atoms with van der Waals surface area (Å²) in [4.78, 5) is 0. The lowest BCUT2D eigenvalue weighted by Gasteiger charge is -2.20. The molecule has 2 N–H and O–H groups in total. The molecule has 0 bridgehead atoms. The Hall–Kier alpha value is -7.16. The van der Waals surface area contributed by atoms with Crippen molar-refractivity contribution in [3.8, 4) is 61.3 Å². The maximum absolute atomic E-state index is 6.57. The fourth-order valence-corrected chi connectivity index (χ4v) is 9.57. The smallest absolute Gasteiger partial charge is 0.0548 e. The van der Waals surface area contributed by atoms with Crippen molar-refractivity contribution in [3.05, 3.63) is 187 Å². The molecule has 11 rings (SSSR count). The largest absolute Gasteiger partial charge is 0.398 e. The first kappa shape index (κ1) is 32.3. The highest BCUT2D eigenvalue weighted by Crippen LogP contribution is 2.58. The topological polar surface area (TPSA) is 30.9 Å². The van der Waals surface area contributed by atoms with Crippen LogP contribution in [0.25, 0.3) is 111 Å². The SMILES string of the molecule is C/C=C\c1cc2c(cc1N)c1ccccc1n2-c1ccc(-c2ccc3c4c(cccc24)-c2c-3c(-c3ccccc3)c3ccccc3c2-c2ccccc2)cc1C. The van der Waals surface area contributed by atoms with Gasteiger partial charge in [0.15, 0.2) is 0 Å². The van der Waals surface area contributed by atoms with Crippen LogP contribution in [-0.4, -0.2) is 4.57 Å². The van der Waals surface area contributed by atoms with Crippen molar-refractivity contribution in [3.63, 3.8) is 0 Å². The van der Waals surface area contributed by atoms with Crippen LogP contribution in [-0.2, 0) is 0 Å². The third kappa shape index (κ3) is 4.63. The maximum Gasteiger partial charge on any atom is 0.0548 e. The number of nitrogens with zero attached hydrogens (tertiary/aromatic N) is 1. The second kappa shape index (κ2) is 12.4. The highest BCUT2D eigenvalue weighted by atomic mass is 15.0. The third-order valence-corrected chi connectivity index (χ3v) is 11.9. The van der Waals surface area contributed by atoms with Crippen LogP contribution >= 0.6 is 0 Å². The van der Waals surface area contributed by atoms with Crippen molar-refractivity contribution in [2.24, 2.45) is 0 Å². The van der Waals surface area contributed by atoms with E-state index < -0.39 is 0 Å². The van der Waals surface area contributed by atoms with Gasteiger partial charge in [-0.2, -0.15) is 0 Å². The van der Waals surface area contributed by atoms with Crippen LogP contribution < -0.4 is 5.73 Å². The number of aromatic nitrogens is 1. The zero-order chi connectivity index (χ0) is 37.5. The molecular weight excluding hydrogens is 677 g/mol. The van der Waals surface area contributed by atoms with Gasteiger partial charge in [-0.15, -0.1) is 0 Å². The molecule has 0 amide bonds. The highest BCUT2D eigenvalue weighted by Gasteiger charge is 2.31. The molecular formula is C54H38N2. The van der Waals surface area contributed by atoms with Crippen LogP contribution in [0.2, 0.25) is 0 Å². The van der Waals surface area contributed by atoms with Crippen molar-refractivity contribution >= 4 is 55.1 Å². The fraction of sp³-hybridized carbons (Fsp3) is 0.0370. The van der Waals surface area contributed by atoms with E-state index in [-0.39, 0.29) is 0 Å². The normalized spacial score (nSPS) is 12.1. The van der Waals surface area contributed by atoms with Gasteiger partial charge in [0.25, 0.3) is 0 Å². The van der Waals surface area contributed by atoms with Gasteiger partial charge in [-0.3, -0.25) is 0 Å². The lowest BCUT2D eigenvalue weighted by molar-refractivity contribution is 1.15. The molecule has 0 spiro atoms. The minimum Gasteiger partial charge on any atom is -0.398 e. The molecule has 1 aliphatic rings. The van der Waals surface area contributed by atoms with Gasteiger partial charge in [-0.05, 0) is 132 Å². The number of hydrogen-bond acceptors (Lipinski definition) is 1. The van der Waals surface area contributed by atoms with Crippen LogP contribution in [0.1, 0.15) is 18.1 Å². The predicted octanol–water partition coefficient (Wildman–Crippen LogP) is 14.7. The maximum atomic E-state index is 6.57. The number of nitrogens with two attached hydrogens (primary N) is 1. The molecule has 264 valence electrons. The van der Waals surface area contributed by atoms with Crippen LogP contribution in [0.3, 0.4) is 0 Å². The number of rotatable bonds is 5. The molecule has 0 radical (unpaired) electrons. The van der Waals surface area contributed by atoms with Crippen LogP contribution in [0.4, 0.5) is 5.69 Å². The number of aryl methyl sites for hydroxylation is 1. The van der Waals surface area contributed by atoms with Gasteiger partial charge in [0.1, 0.15) is 0 Å². The lowest BCUT2D eigenvalue weighted by atomic mass is 9.82. The average Bonchev–Trinajstić information content (AvgIpc) is 3.74. The summed E-state index contributed by atoms with van der Waals surface area (Å²) < 4.78 is 2.40. The van der Waals surface area contributed by atoms with Gasteiger partial charge in [0.2, 0.25) is 0 Å². The minimum absolute atomic E-state index is 0.791. The molecule has 9 aromatic carbocycles. The summed E-state index contributed by atoms with van der Waals surface area (Å²) in [5, 5.41) is 7.52. The first-order valence-electron chi connectivity index (χ1n) is 19.4. The van der Waals surface area contributed by atoms with Crippen molar-refractivity contribution < 1.29 is 0 Å². The number of hydrogen-bond donors (Lipinski definition) is 1. The second-order valence-electron chi connectivity index (χ2n) is 15.0. The summed E-state index contributed by atoms with van der Waals surface area (Å²) >= 11 is 0. The molecule has 0 unspecified atom stereocenters. The number of fused-ring (bicyclic) bond motifs is 7. The molecule has 1 heterocycles. The molecule has 1 aliphatic carbocycles. The van der Waals surface area contributed by atoms with E-state index in [0.29, 0.717) is 0 Å². The monoisotopic (exact) mass is 714 g/mol. The summed E-state index contributed by atoms with van der Waals surface area (Å²) in [6.07, 6.45) is 4.14. The van der Waals surface area contributed by atoms with E-state index in [9.17, 15) is 0 Å². The van der Waals surface area contributed by atoms with Crippen molar-refractivity contribution in [2.75, 3.05) is 5.73 Å². The van der Waals surface area contributed by atoms with Crippen molar-refractivity contribution in [1.29, 1.82) is 0 Å². The van der Waals surface area contributed by atoms with Gasteiger partial charge in [-0.25, -0.2) is 0 Å². The third-order valence-electron chi connectivity index (χ3n) is 11.9. The number of nitrogen functional groups attached to an aromatic ring is 1. The number of para-hydroxylation sites is 1. The van der Waals surface area contributed by atoms with E-state index in [4.69, 9.17) is 5.73 Å². The Labute approximate surface area is 326 Å². The Morgan fingerprint density at radius 3 is 1.70 bits per heavy atom. The van der Waals surface area contributed by atoms with Gasteiger partial charge in [-0.1, -0.05) is 152 Å². The summed E-state index contributed by atoms with van der Waals surface area (Å²) in [6, 6.07) is 62.5. The number of allylic oxidation sites excluding steroid dienone is 1. The zero-order valence-corrected chi connectivity index (χ0v) is 31.3. The number of anilines is 1. The quantitative estimate of drug-likeness (QED) is 0.177. The fourth-order valence-electron chi connectivity index (χ4n) is 9.57. The van der Waals surface area contributed by atoms with Gasteiger partial charge in [0.05, 0.1) is 11.0 Å². The predicted molar refractivity (Wildman–Crippen MR) is 240 cm³/mol. The molecule has 2 heteroatoms. The highest BCUT2D eigenvalue weighted by molar-refractivity contribution is 6.28. The first-order valence-corrected chi connectivity index (χ1v) is 19.4. The van der Waals surface area contributed by atoms with Crippen molar-refractivity contribution in [1.82, 2.24) is 4.57 Å². The lowest BCUT2D eigenvalue weighted by Crippen LogP contribution is -1.98. The standard InChI is InChI=1S/C54H38N2/c1-3-15-37-31-49-45(32-46(37)55)39-20-12-13-25-48(39)56(49)47-29-26-36(30-33(47)2)38-27-28-44-52-40(38)23-14-24-43(52)53-50(34-16-6-4-7-17-34)41-21-10-11-22-42(41)51(54(44)53)35-18-8-5-9-19-35/h3-32H,55H2,1-2H3/b15-3-. The summed E-state index contributed by atoms with van der Waals surface area (Å²) in [6.45, 7) is 4.27. The summed E-state index contributed by atoms with van der Waals surface area (Å²) in [5.74, 6) is 0. The molecule has 0 saturated heterocycles. The van der Waals surface area contributed by atoms with E-state index >= 15 is 0 Å². The van der Waals surface area contributed by atoms with Crippen molar-refractivity contribution in [2.45, 2.75) is 13.8 Å². The van der Waals surface area contributed by atoms with Crippen LogP contribution in [0.5, 0.6) is 0 Å². The molecule has 1 aromatic heterocycles. The molecule has 0 aliphatic heterocycles. The van der Waals surface area contributed by atoms with Gasteiger partial charge in [0, 0.05) is 22.1 Å². The van der Waals surface area contributed by atoms with E-state index in [1.807, 2.05) is 6.92 Å². The van der Waals surface area contributed by atoms with E-state index in [1.165, 1.54) is 105 Å². The van der Waals surface area contributed by atoms with E-state index in [1.54, 1.807) is 0 Å². The second-order valence-corrected chi connectivity index (χ2v) is 15.0. The molecule has 2 nitrogen and oxygen atoms in total. The average molecular weight is 715 g/mol. The Morgan fingerprint density at radius 1 is 0.446 bits per heavy atom. The zero-order valence-electron chi connectivity index (χ0n) is 31.3. The summed E-state index contributed by atoms with van der Waals surface area (Å²) in [5.41, 5.74) is 25.9. The summed E-state index contributed by atoms with van der Waals surface area (Å²) in [7, 11) is 0. The van der Waals surface area contributed by atoms with Gasteiger partial charge < -0.3 is 10.3 Å². The van der Waals surface area contributed by atoms with Crippen LogP contribution in [0.15, 0.2) is 176 Å². The Balaban J connectivity index is 1.15. The Morgan fingerprint density at radius 2 is 1.04 bits per heavy atom. The Bertz CT molecular complexity index is 3160. The molecule has 10 aromatic rings. The molecule has 0 saturated carbocycles. The van der Waals surface area contributed by atoms with Gasteiger partial charge >= 0.3 is 0 Å². The molecule has 56 heavy (non-hydrogen) atoms. The molecule has 0 atom stereocenters. The number of benzene rings is 9. The van der Waals surface area contributed by atoms with Crippen LogP contribution in [0, 0.1) is 6.92 Å². The van der Waals surface area contributed by atoms with E-state index in [2.05, 4.69) is 194 Å².